The van der Waals surface area contributed by atoms with Crippen LogP contribution in [0, 0.1) is 17.8 Å². The van der Waals surface area contributed by atoms with Crippen molar-refractivity contribution in [2.75, 3.05) is 39.6 Å². The number of esters is 4. The fraction of sp³-hybridized carbons (Fsp3) is 0.947. The summed E-state index contributed by atoms with van der Waals surface area (Å²) < 4.78 is 68.5. The molecule has 0 rings (SSSR count). The minimum absolute atomic E-state index is 0.103. The quantitative estimate of drug-likeness (QED) is 0.0222. The van der Waals surface area contributed by atoms with Crippen LogP contribution in [0.2, 0.25) is 0 Å². The van der Waals surface area contributed by atoms with E-state index in [1.807, 2.05) is 0 Å². The molecule has 0 aromatic heterocycles. The smallest absolute Gasteiger partial charge is 0.462 e. The number of aliphatic hydroxyl groups is 1. The summed E-state index contributed by atoms with van der Waals surface area (Å²) in [7, 11) is -9.91. The van der Waals surface area contributed by atoms with Crippen molar-refractivity contribution < 1.29 is 80.2 Å². The first-order chi connectivity index (χ1) is 45.7. The summed E-state index contributed by atoms with van der Waals surface area (Å²) in [5.74, 6) is 0.0788. The Hall–Kier alpha value is -1.94. The number of phosphoric acid groups is 2. The Bertz CT molecular complexity index is 1850. The van der Waals surface area contributed by atoms with E-state index in [0.29, 0.717) is 31.6 Å². The maximum atomic E-state index is 13.1. The summed E-state index contributed by atoms with van der Waals surface area (Å²) in [6.45, 7) is 11.8. The first-order valence-electron chi connectivity index (χ1n) is 39.3. The van der Waals surface area contributed by atoms with Crippen LogP contribution in [0.4, 0.5) is 0 Å². The lowest BCUT2D eigenvalue weighted by atomic mass is 10.0. The minimum Gasteiger partial charge on any atom is -0.462 e. The fourth-order valence-corrected chi connectivity index (χ4v) is 13.2. The molecule has 0 spiro atoms. The van der Waals surface area contributed by atoms with Gasteiger partial charge in [0.15, 0.2) is 12.2 Å². The Morgan fingerprint density at radius 3 is 0.716 bits per heavy atom. The predicted octanol–water partition coefficient (Wildman–Crippen LogP) is 22.2. The van der Waals surface area contributed by atoms with Gasteiger partial charge in [0.25, 0.3) is 0 Å². The van der Waals surface area contributed by atoms with Crippen molar-refractivity contribution in [1.29, 1.82) is 0 Å². The molecule has 0 aliphatic rings. The molecule has 95 heavy (non-hydrogen) atoms. The van der Waals surface area contributed by atoms with Crippen LogP contribution in [0.1, 0.15) is 389 Å². The third-order valence-electron chi connectivity index (χ3n) is 17.6. The second kappa shape index (κ2) is 66.6. The number of carbonyl (C=O) groups is 4. The van der Waals surface area contributed by atoms with E-state index in [4.69, 9.17) is 37.0 Å². The Labute approximate surface area is 581 Å². The van der Waals surface area contributed by atoms with Gasteiger partial charge in [0, 0.05) is 25.7 Å². The first-order valence-corrected chi connectivity index (χ1v) is 42.3. The highest BCUT2D eigenvalue weighted by molar-refractivity contribution is 7.47. The lowest BCUT2D eigenvalue weighted by Gasteiger charge is -2.21. The summed E-state index contributed by atoms with van der Waals surface area (Å²) in [5, 5.41) is 10.6. The average Bonchev–Trinajstić information content (AvgIpc) is 1.96. The van der Waals surface area contributed by atoms with Crippen LogP contribution in [-0.2, 0) is 65.4 Å². The zero-order chi connectivity index (χ0) is 70.1. The van der Waals surface area contributed by atoms with Gasteiger partial charge < -0.3 is 33.8 Å². The molecule has 0 aliphatic carbocycles. The van der Waals surface area contributed by atoms with Crippen LogP contribution in [0.25, 0.3) is 0 Å². The molecule has 0 amide bonds. The zero-order valence-corrected chi connectivity index (χ0v) is 63.9. The Morgan fingerprint density at radius 1 is 0.284 bits per heavy atom. The molecule has 0 heterocycles. The molecule has 0 radical (unpaired) electrons. The average molecular weight is 1400 g/mol. The number of carbonyl (C=O) groups excluding carboxylic acids is 4. The normalized spacial score (nSPS) is 14.1. The molecular formula is C76H148O17P2. The molecule has 0 aromatic rings. The highest BCUT2D eigenvalue weighted by Crippen LogP contribution is 2.45. The summed E-state index contributed by atoms with van der Waals surface area (Å²) in [6, 6.07) is 0. The number of phosphoric ester groups is 2. The number of hydrogen-bond acceptors (Lipinski definition) is 15. The second-order valence-corrected chi connectivity index (χ2v) is 31.7. The summed E-state index contributed by atoms with van der Waals surface area (Å²) in [6.07, 6.45) is 53.0. The van der Waals surface area contributed by atoms with Crippen LogP contribution >= 0.6 is 15.6 Å². The van der Waals surface area contributed by atoms with Crippen LogP contribution in [0.3, 0.4) is 0 Å². The van der Waals surface area contributed by atoms with Crippen molar-refractivity contribution in [3.63, 3.8) is 0 Å². The van der Waals surface area contributed by atoms with E-state index in [-0.39, 0.29) is 25.7 Å². The van der Waals surface area contributed by atoms with E-state index in [9.17, 15) is 43.2 Å². The fourth-order valence-electron chi connectivity index (χ4n) is 11.6. The van der Waals surface area contributed by atoms with Crippen molar-refractivity contribution in [2.24, 2.45) is 17.8 Å². The molecule has 0 aliphatic heterocycles. The van der Waals surface area contributed by atoms with Crippen molar-refractivity contribution in [3.05, 3.63) is 0 Å². The molecule has 564 valence electrons. The number of unbranched alkanes of at least 4 members (excludes halogenated alkanes) is 42. The van der Waals surface area contributed by atoms with E-state index >= 15 is 0 Å². The summed E-state index contributed by atoms with van der Waals surface area (Å²) >= 11 is 0. The van der Waals surface area contributed by atoms with Gasteiger partial charge in [-0.15, -0.1) is 0 Å². The van der Waals surface area contributed by atoms with Gasteiger partial charge in [-0.05, 0) is 43.4 Å². The van der Waals surface area contributed by atoms with Crippen molar-refractivity contribution >= 4 is 39.5 Å². The lowest BCUT2D eigenvalue weighted by Crippen LogP contribution is -2.30. The lowest BCUT2D eigenvalue weighted by molar-refractivity contribution is -0.161. The molecule has 2 unspecified atom stereocenters. The van der Waals surface area contributed by atoms with Crippen LogP contribution in [0.5, 0.6) is 0 Å². The number of aliphatic hydroxyl groups excluding tert-OH is 1. The number of rotatable bonds is 74. The molecule has 19 heteroatoms. The largest absolute Gasteiger partial charge is 0.472 e. The van der Waals surface area contributed by atoms with Gasteiger partial charge >= 0.3 is 39.5 Å². The first kappa shape index (κ1) is 93.1. The van der Waals surface area contributed by atoms with Crippen LogP contribution < -0.4 is 0 Å². The van der Waals surface area contributed by atoms with Crippen molar-refractivity contribution in [1.82, 2.24) is 0 Å². The summed E-state index contributed by atoms with van der Waals surface area (Å²) in [4.78, 5) is 72.7. The SMILES string of the molecule is CCCCCCCCCCCCCCCCCCCC(=O)OC[C@H](COP(=O)(O)OC[C@@H](O)COP(=O)(O)OC[C@@H](COC(=O)CCCCCCCCC(C)C)OC(=O)CCCCCCCCCCC(C)C)OC(=O)CCCCCCCCCCCCCCCCCC(C)C. The van der Waals surface area contributed by atoms with E-state index < -0.39 is 97.5 Å². The molecule has 5 atom stereocenters. The number of hydrogen-bond donors (Lipinski definition) is 3. The Morgan fingerprint density at radius 2 is 0.484 bits per heavy atom. The van der Waals surface area contributed by atoms with E-state index in [1.165, 1.54) is 193 Å². The van der Waals surface area contributed by atoms with Crippen molar-refractivity contribution in [3.8, 4) is 0 Å². The molecule has 0 bridgehead atoms. The van der Waals surface area contributed by atoms with Crippen molar-refractivity contribution in [2.45, 2.75) is 407 Å². The van der Waals surface area contributed by atoms with E-state index in [2.05, 4.69) is 48.5 Å². The molecule has 0 fully saturated rings. The van der Waals surface area contributed by atoms with Gasteiger partial charge in [-0.1, -0.05) is 337 Å². The van der Waals surface area contributed by atoms with Gasteiger partial charge in [0.1, 0.15) is 19.3 Å². The standard InChI is InChI=1S/C76H148O17P2/c1-8-9-10-11-12-13-14-15-16-17-20-23-26-29-35-43-50-57-73(78)86-63-71(92-75(80)59-52-45-36-30-27-24-21-18-19-22-25-28-33-40-47-54-67(2)3)65-90-94(82,83)88-61-70(77)62-89-95(84,85)91-66-72(64-87-74(79)58-51-44-39-38-42-49-56-69(6)7)93-76(81)60-53-46-37-32-31-34-41-48-55-68(4)5/h67-72,77H,8-66H2,1-7H3,(H,82,83)(H,84,85)/t70-,71-,72-/m1/s1. The van der Waals surface area contributed by atoms with Crippen LogP contribution in [0.15, 0.2) is 0 Å². The van der Waals surface area contributed by atoms with E-state index in [0.717, 1.165) is 108 Å². The van der Waals surface area contributed by atoms with Gasteiger partial charge in [0.05, 0.1) is 26.4 Å². The maximum Gasteiger partial charge on any atom is 0.472 e. The number of ether oxygens (including phenoxy) is 4. The third-order valence-corrected chi connectivity index (χ3v) is 19.5. The minimum atomic E-state index is -4.96. The second-order valence-electron chi connectivity index (χ2n) is 28.8. The van der Waals surface area contributed by atoms with E-state index in [1.54, 1.807) is 0 Å². The Balaban J connectivity index is 5.22. The monoisotopic (exact) mass is 1400 g/mol. The van der Waals surface area contributed by atoms with Crippen LogP contribution in [-0.4, -0.2) is 96.7 Å². The topological polar surface area (TPSA) is 237 Å². The molecule has 0 aromatic carbocycles. The molecule has 17 nitrogen and oxygen atoms in total. The molecule has 0 saturated heterocycles. The highest BCUT2D eigenvalue weighted by Gasteiger charge is 2.30. The Kier molecular flexibility index (Phi) is 65.2. The molecule has 0 saturated carbocycles. The van der Waals surface area contributed by atoms with Gasteiger partial charge in [-0.25, -0.2) is 9.13 Å². The maximum absolute atomic E-state index is 13.1. The van der Waals surface area contributed by atoms with Gasteiger partial charge in [0.2, 0.25) is 0 Å². The highest BCUT2D eigenvalue weighted by atomic mass is 31.2. The third kappa shape index (κ3) is 70.3. The van der Waals surface area contributed by atoms with Gasteiger partial charge in [-0.2, -0.15) is 0 Å². The zero-order valence-electron chi connectivity index (χ0n) is 62.1. The molecular weight excluding hydrogens is 1250 g/mol. The predicted molar refractivity (Wildman–Crippen MR) is 386 cm³/mol. The van der Waals surface area contributed by atoms with Gasteiger partial charge in [-0.3, -0.25) is 37.3 Å². The molecule has 3 N–H and O–H groups in total. The summed E-state index contributed by atoms with van der Waals surface area (Å²) in [5.41, 5.74) is 0.